The standard InChI is InChI=1S/C23H27N3O4/c24-23(29)25-19(16-17-10-4-1-5-11-17)22(28)30-20(18-12-6-2-7-13-18)21(27)26-14-8-3-9-15-26/h1-2,4-7,10-13,19-20H,3,8-9,14-16H2,(H3,24,25,29)/t19-,20-/m0/s1. The zero-order valence-electron chi connectivity index (χ0n) is 16.8. The fourth-order valence-corrected chi connectivity index (χ4v) is 3.58. The molecule has 30 heavy (non-hydrogen) atoms. The second-order valence-corrected chi connectivity index (χ2v) is 7.36. The molecular weight excluding hydrogens is 382 g/mol. The summed E-state index contributed by atoms with van der Waals surface area (Å²) in [7, 11) is 0. The van der Waals surface area contributed by atoms with Gasteiger partial charge in [0.2, 0.25) is 6.10 Å². The van der Waals surface area contributed by atoms with Gasteiger partial charge in [-0.1, -0.05) is 60.7 Å². The first kappa shape index (κ1) is 21.4. The van der Waals surface area contributed by atoms with Crippen LogP contribution in [0.15, 0.2) is 60.7 Å². The minimum absolute atomic E-state index is 0.210. The van der Waals surface area contributed by atoms with Crippen molar-refractivity contribution in [2.24, 2.45) is 5.73 Å². The highest BCUT2D eigenvalue weighted by atomic mass is 16.5. The average Bonchev–Trinajstić information content (AvgIpc) is 2.78. The molecule has 1 fully saturated rings. The average molecular weight is 409 g/mol. The first-order valence-corrected chi connectivity index (χ1v) is 10.2. The van der Waals surface area contributed by atoms with Crippen molar-refractivity contribution in [3.05, 3.63) is 71.8 Å². The predicted octanol–water partition coefficient (Wildman–Crippen LogP) is 2.56. The Hall–Kier alpha value is -3.35. The van der Waals surface area contributed by atoms with Gasteiger partial charge in [-0.15, -0.1) is 0 Å². The SMILES string of the molecule is NC(=O)N[C@@H](Cc1ccccc1)C(=O)O[C@H](C(=O)N1CCCCC1)c1ccccc1. The molecule has 1 heterocycles. The van der Waals surface area contributed by atoms with E-state index in [0.717, 1.165) is 24.8 Å². The number of urea groups is 1. The molecule has 1 saturated heterocycles. The first-order valence-electron chi connectivity index (χ1n) is 10.2. The van der Waals surface area contributed by atoms with E-state index >= 15 is 0 Å². The van der Waals surface area contributed by atoms with Gasteiger partial charge >= 0.3 is 12.0 Å². The molecule has 0 bridgehead atoms. The van der Waals surface area contributed by atoms with Crippen LogP contribution in [0.2, 0.25) is 0 Å². The Kier molecular flexibility index (Phi) is 7.43. The maximum atomic E-state index is 13.2. The molecule has 0 unspecified atom stereocenters. The summed E-state index contributed by atoms with van der Waals surface area (Å²) in [6.45, 7) is 1.29. The topological polar surface area (TPSA) is 102 Å². The van der Waals surface area contributed by atoms with Crippen LogP contribution in [0.5, 0.6) is 0 Å². The van der Waals surface area contributed by atoms with Gasteiger partial charge in [-0.2, -0.15) is 0 Å². The Labute approximate surface area is 176 Å². The van der Waals surface area contributed by atoms with Crippen molar-refractivity contribution < 1.29 is 19.1 Å². The minimum atomic E-state index is -1.07. The van der Waals surface area contributed by atoms with Gasteiger partial charge in [0.15, 0.2) is 0 Å². The second-order valence-electron chi connectivity index (χ2n) is 7.36. The van der Waals surface area contributed by atoms with E-state index in [0.29, 0.717) is 18.7 Å². The molecule has 1 aliphatic heterocycles. The number of hydrogen-bond acceptors (Lipinski definition) is 4. The lowest BCUT2D eigenvalue weighted by molar-refractivity contribution is -0.162. The van der Waals surface area contributed by atoms with E-state index < -0.39 is 24.1 Å². The number of rotatable bonds is 7. The number of nitrogens with zero attached hydrogens (tertiary/aromatic N) is 1. The van der Waals surface area contributed by atoms with Gasteiger partial charge in [0.05, 0.1) is 0 Å². The summed E-state index contributed by atoms with van der Waals surface area (Å²) in [4.78, 5) is 39.4. The molecule has 0 aromatic heterocycles. The van der Waals surface area contributed by atoms with Crippen LogP contribution in [0.3, 0.4) is 0 Å². The summed E-state index contributed by atoms with van der Waals surface area (Å²) in [6.07, 6.45) is 2.09. The highest BCUT2D eigenvalue weighted by Gasteiger charge is 2.33. The van der Waals surface area contributed by atoms with E-state index in [1.54, 1.807) is 29.2 Å². The number of likely N-dealkylation sites (tertiary alicyclic amines) is 1. The number of carbonyl (C=O) groups is 3. The Morgan fingerprint density at radius 2 is 1.53 bits per heavy atom. The maximum Gasteiger partial charge on any atom is 0.330 e. The summed E-state index contributed by atoms with van der Waals surface area (Å²) in [5, 5.41) is 2.44. The number of ether oxygens (including phenoxy) is 1. The summed E-state index contributed by atoms with van der Waals surface area (Å²) < 4.78 is 5.69. The number of nitrogens with one attached hydrogen (secondary N) is 1. The zero-order chi connectivity index (χ0) is 21.3. The Balaban J connectivity index is 1.80. The third kappa shape index (κ3) is 5.83. The molecule has 0 spiro atoms. The molecule has 0 aliphatic carbocycles. The number of amides is 3. The summed E-state index contributed by atoms with van der Waals surface area (Å²) >= 11 is 0. The van der Waals surface area contributed by atoms with E-state index in [9.17, 15) is 14.4 Å². The van der Waals surface area contributed by atoms with Crippen molar-refractivity contribution in [3.8, 4) is 0 Å². The summed E-state index contributed by atoms with van der Waals surface area (Å²) in [5.41, 5.74) is 6.71. The van der Waals surface area contributed by atoms with E-state index in [4.69, 9.17) is 10.5 Å². The maximum absolute atomic E-state index is 13.2. The van der Waals surface area contributed by atoms with Crippen LogP contribution in [0, 0.1) is 0 Å². The smallest absolute Gasteiger partial charge is 0.330 e. The highest BCUT2D eigenvalue weighted by molar-refractivity contribution is 5.88. The van der Waals surface area contributed by atoms with Gasteiger partial charge in [-0.3, -0.25) is 4.79 Å². The molecule has 3 amide bonds. The van der Waals surface area contributed by atoms with Gasteiger partial charge in [0.1, 0.15) is 6.04 Å². The number of benzene rings is 2. The van der Waals surface area contributed by atoms with Crippen LogP contribution in [0.25, 0.3) is 0 Å². The van der Waals surface area contributed by atoms with Crippen molar-refractivity contribution in [2.75, 3.05) is 13.1 Å². The van der Waals surface area contributed by atoms with Gasteiger partial charge in [0.25, 0.3) is 5.91 Å². The van der Waals surface area contributed by atoms with Gasteiger partial charge in [0, 0.05) is 25.1 Å². The van der Waals surface area contributed by atoms with Crippen LogP contribution in [-0.2, 0) is 20.7 Å². The molecular formula is C23H27N3O4. The summed E-state index contributed by atoms with van der Waals surface area (Å²) in [5.74, 6) is -0.941. The molecule has 0 saturated carbocycles. The second kappa shape index (κ2) is 10.4. The molecule has 1 aliphatic rings. The summed E-state index contributed by atoms with van der Waals surface area (Å²) in [6, 6.07) is 16.3. The quantitative estimate of drug-likeness (QED) is 0.686. The van der Waals surface area contributed by atoms with Crippen molar-refractivity contribution in [3.63, 3.8) is 0 Å². The fourth-order valence-electron chi connectivity index (χ4n) is 3.58. The van der Waals surface area contributed by atoms with Crippen molar-refractivity contribution in [1.29, 1.82) is 0 Å². The zero-order valence-corrected chi connectivity index (χ0v) is 16.8. The number of hydrogen-bond donors (Lipinski definition) is 2. The lowest BCUT2D eigenvalue weighted by atomic mass is 10.0. The Bertz CT molecular complexity index is 851. The van der Waals surface area contributed by atoms with Crippen LogP contribution in [-0.4, -0.2) is 41.9 Å². The predicted molar refractivity (Wildman–Crippen MR) is 112 cm³/mol. The van der Waals surface area contributed by atoms with Crippen molar-refractivity contribution in [1.82, 2.24) is 10.2 Å². The molecule has 7 nitrogen and oxygen atoms in total. The molecule has 3 N–H and O–H groups in total. The number of primary amides is 1. The van der Waals surface area contributed by atoms with E-state index in [1.165, 1.54) is 0 Å². The van der Waals surface area contributed by atoms with Crippen LogP contribution in [0.4, 0.5) is 4.79 Å². The Morgan fingerprint density at radius 1 is 0.933 bits per heavy atom. The van der Waals surface area contributed by atoms with Gasteiger partial charge in [-0.05, 0) is 24.8 Å². The molecule has 7 heteroatoms. The number of carbonyl (C=O) groups excluding carboxylic acids is 3. The van der Waals surface area contributed by atoms with E-state index in [-0.39, 0.29) is 12.3 Å². The lowest BCUT2D eigenvalue weighted by Gasteiger charge is -2.31. The first-order chi connectivity index (χ1) is 14.5. The molecule has 158 valence electrons. The molecule has 3 rings (SSSR count). The lowest BCUT2D eigenvalue weighted by Crippen LogP contribution is -2.47. The van der Waals surface area contributed by atoms with Crippen LogP contribution in [0.1, 0.15) is 36.5 Å². The number of nitrogens with two attached hydrogens (primary N) is 1. The third-order valence-corrected chi connectivity index (χ3v) is 5.11. The van der Waals surface area contributed by atoms with E-state index in [1.807, 2.05) is 36.4 Å². The van der Waals surface area contributed by atoms with E-state index in [2.05, 4.69) is 5.32 Å². The molecule has 2 aromatic rings. The monoisotopic (exact) mass is 409 g/mol. The molecule has 2 atom stereocenters. The fraction of sp³-hybridized carbons (Fsp3) is 0.348. The highest BCUT2D eigenvalue weighted by Crippen LogP contribution is 2.23. The molecule has 0 radical (unpaired) electrons. The molecule has 2 aromatic carbocycles. The van der Waals surface area contributed by atoms with Gasteiger partial charge < -0.3 is 20.7 Å². The number of piperidine rings is 1. The largest absolute Gasteiger partial charge is 0.446 e. The van der Waals surface area contributed by atoms with Crippen molar-refractivity contribution in [2.45, 2.75) is 37.8 Å². The number of esters is 1. The normalized spacial score (nSPS) is 15.7. The van der Waals surface area contributed by atoms with Crippen molar-refractivity contribution >= 4 is 17.9 Å². The van der Waals surface area contributed by atoms with Gasteiger partial charge in [-0.25, -0.2) is 9.59 Å². The Morgan fingerprint density at radius 3 is 2.13 bits per heavy atom. The van der Waals surface area contributed by atoms with Crippen LogP contribution >= 0.6 is 0 Å². The minimum Gasteiger partial charge on any atom is -0.446 e. The third-order valence-electron chi connectivity index (χ3n) is 5.11. The van der Waals surface area contributed by atoms with Crippen LogP contribution < -0.4 is 11.1 Å².